The first-order valence-electron chi connectivity index (χ1n) is 11.0. The molecule has 1 fully saturated rings. The number of rotatable bonds is 10. The summed E-state index contributed by atoms with van der Waals surface area (Å²) in [6.45, 7) is 9.49. The molecule has 1 amide bonds. The second-order valence-corrected chi connectivity index (χ2v) is 8.13. The number of nitrogens with zero attached hydrogens (tertiary/aromatic N) is 2. The highest BCUT2D eigenvalue weighted by Gasteiger charge is 2.27. The number of aromatic nitrogens is 1. The highest BCUT2D eigenvalue weighted by atomic mass is 35.5. The summed E-state index contributed by atoms with van der Waals surface area (Å²) in [5, 5.41) is 3.64. The third kappa shape index (κ3) is 6.77. The number of carbonyl (C=O) groups excluding carboxylic acids is 1. The van der Waals surface area contributed by atoms with E-state index in [-0.39, 0.29) is 11.8 Å². The first-order chi connectivity index (χ1) is 15.0. The van der Waals surface area contributed by atoms with Crippen molar-refractivity contribution < 1.29 is 18.7 Å². The molecule has 0 aliphatic carbocycles. The van der Waals surface area contributed by atoms with Gasteiger partial charge in [0.1, 0.15) is 5.76 Å². The van der Waals surface area contributed by atoms with Crippen molar-refractivity contribution in [3.63, 3.8) is 0 Å². The van der Waals surface area contributed by atoms with Crippen LogP contribution in [-0.2, 0) is 20.8 Å². The van der Waals surface area contributed by atoms with Crippen LogP contribution in [0.25, 0.3) is 11.5 Å². The fourth-order valence-corrected chi connectivity index (χ4v) is 4.00. The summed E-state index contributed by atoms with van der Waals surface area (Å²) in [6, 6.07) is 7.48. The molecule has 170 valence electrons. The number of aryl methyl sites for hydroxylation is 1. The van der Waals surface area contributed by atoms with Crippen molar-refractivity contribution in [2.75, 3.05) is 32.8 Å². The van der Waals surface area contributed by atoms with Crippen LogP contribution in [0.2, 0.25) is 5.02 Å². The molecule has 8 heteroatoms. The number of nitrogens with one attached hydrogen (secondary N) is 1. The molecule has 0 bridgehead atoms. The number of amides is 1. The van der Waals surface area contributed by atoms with Gasteiger partial charge in [0, 0.05) is 36.9 Å². The molecule has 0 saturated carbocycles. The Kier molecular flexibility index (Phi) is 8.90. The summed E-state index contributed by atoms with van der Waals surface area (Å²) in [5.41, 5.74) is 1.75. The zero-order chi connectivity index (χ0) is 22.2. The fraction of sp³-hybridized carbons (Fsp3) is 0.565. The van der Waals surface area contributed by atoms with E-state index in [2.05, 4.69) is 15.2 Å². The topological polar surface area (TPSA) is 76.8 Å². The van der Waals surface area contributed by atoms with Gasteiger partial charge in [-0.2, -0.15) is 0 Å². The molecular formula is C23H32ClN3O4. The highest BCUT2D eigenvalue weighted by molar-refractivity contribution is 6.30. The first kappa shape index (κ1) is 23.7. The average Bonchev–Trinajstić information content (AvgIpc) is 3.12. The number of ether oxygens (including phenoxy) is 2. The molecule has 2 heterocycles. The van der Waals surface area contributed by atoms with Gasteiger partial charge in [0.15, 0.2) is 6.29 Å². The molecule has 1 aromatic carbocycles. The van der Waals surface area contributed by atoms with Crippen LogP contribution < -0.4 is 5.32 Å². The van der Waals surface area contributed by atoms with E-state index in [0.29, 0.717) is 43.8 Å². The van der Waals surface area contributed by atoms with Gasteiger partial charge in [-0.3, -0.25) is 9.69 Å². The lowest BCUT2D eigenvalue weighted by Gasteiger charge is -2.31. The van der Waals surface area contributed by atoms with Crippen LogP contribution >= 0.6 is 11.6 Å². The molecule has 0 radical (unpaired) electrons. The molecule has 1 aliphatic rings. The van der Waals surface area contributed by atoms with Gasteiger partial charge in [0.2, 0.25) is 11.8 Å². The Bertz CT molecular complexity index is 851. The van der Waals surface area contributed by atoms with Gasteiger partial charge in [-0.15, -0.1) is 0 Å². The van der Waals surface area contributed by atoms with E-state index >= 15 is 0 Å². The zero-order valence-electron chi connectivity index (χ0n) is 18.5. The van der Waals surface area contributed by atoms with Crippen molar-refractivity contribution in [3.8, 4) is 11.5 Å². The van der Waals surface area contributed by atoms with Crippen LogP contribution in [0.3, 0.4) is 0 Å². The summed E-state index contributed by atoms with van der Waals surface area (Å²) in [4.78, 5) is 19.7. The minimum atomic E-state index is -0.402. The third-order valence-corrected chi connectivity index (χ3v) is 5.60. The maximum atomic E-state index is 12.7. The van der Waals surface area contributed by atoms with Crippen LogP contribution in [0, 0.1) is 12.8 Å². The molecule has 7 nitrogen and oxygen atoms in total. The lowest BCUT2D eigenvalue weighted by atomic mass is 9.97. The third-order valence-electron chi connectivity index (χ3n) is 5.36. The molecule has 1 saturated heterocycles. The quantitative estimate of drug-likeness (QED) is 0.552. The predicted molar refractivity (Wildman–Crippen MR) is 120 cm³/mol. The number of halogens is 1. The number of piperidine rings is 1. The lowest BCUT2D eigenvalue weighted by Crippen LogP contribution is -2.45. The van der Waals surface area contributed by atoms with Crippen molar-refractivity contribution in [2.24, 2.45) is 5.92 Å². The van der Waals surface area contributed by atoms with E-state index in [9.17, 15) is 4.79 Å². The number of benzene rings is 1. The Morgan fingerprint density at radius 3 is 2.84 bits per heavy atom. The lowest BCUT2D eigenvalue weighted by molar-refractivity contribution is -0.143. The van der Waals surface area contributed by atoms with Gasteiger partial charge in [-0.25, -0.2) is 4.98 Å². The Hall–Kier alpha value is -1.93. The molecule has 1 aromatic heterocycles. The Balaban J connectivity index is 1.57. The normalized spacial score (nSPS) is 17.3. The molecule has 1 aliphatic heterocycles. The van der Waals surface area contributed by atoms with E-state index in [1.165, 1.54) is 0 Å². The minimum Gasteiger partial charge on any atom is -0.441 e. The summed E-state index contributed by atoms with van der Waals surface area (Å²) >= 11 is 6.09. The summed E-state index contributed by atoms with van der Waals surface area (Å²) < 4.78 is 16.9. The molecule has 3 rings (SSSR count). The second kappa shape index (κ2) is 11.6. The largest absolute Gasteiger partial charge is 0.441 e. The second-order valence-electron chi connectivity index (χ2n) is 7.69. The van der Waals surface area contributed by atoms with Crippen LogP contribution in [0.1, 0.15) is 38.1 Å². The van der Waals surface area contributed by atoms with Crippen molar-refractivity contribution >= 4 is 17.5 Å². The van der Waals surface area contributed by atoms with E-state index in [1.807, 2.05) is 45.0 Å². The highest BCUT2D eigenvalue weighted by Crippen LogP contribution is 2.26. The smallest absolute Gasteiger partial charge is 0.226 e. The van der Waals surface area contributed by atoms with Gasteiger partial charge < -0.3 is 19.2 Å². The van der Waals surface area contributed by atoms with E-state index < -0.39 is 6.29 Å². The fourth-order valence-electron chi connectivity index (χ4n) is 3.81. The maximum absolute atomic E-state index is 12.7. The number of likely N-dealkylation sites (tertiary alicyclic amines) is 1. The van der Waals surface area contributed by atoms with Crippen LogP contribution in [0.5, 0.6) is 0 Å². The van der Waals surface area contributed by atoms with Gasteiger partial charge in [-0.05, 0) is 58.4 Å². The van der Waals surface area contributed by atoms with Crippen LogP contribution in [-0.4, -0.2) is 54.9 Å². The molecule has 0 spiro atoms. The Labute approximate surface area is 189 Å². The molecule has 1 atom stereocenters. The SMILES string of the molecule is CCOC(CNC(=O)C1CCCN(Cc2nc(-c3cccc(Cl)c3)oc2C)C1)OCC. The van der Waals surface area contributed by atoms with Crippen LogP contribution in [0.4, 0.5) is 0 Å². The molecule has 1 N–H and O–H groups in total. The van der Waals surface area contributed by atoms with Crippen LogP contribution in [0.15, 0.2) is 28.7 Å². The summed E-state index contributed by atoms with van der Waals surface area (Å²) in [6.07, 6.45) is 1.44. The van der Waals surface area contributed by atoms with Gasteiger partial charge in [-0.1, -0.05) is 17.7 Å². The van der Waals surface area contributed by atoms with E-state index in [4.69, 9.17) is 25.5 Å². The van der Waals surface area contributed by atoms with Gasteiger partial charge in [0.25, 0.3) is 0 Å². The van der Waals surface area contributed by atoms with E-state index in [0.717, 1.165) is 36.4 Å². The van der Waals surface area contributed by atoms with Crippen molar-refractivity contribution in [3.05, 3.63) is 40.7 Å². The van der Waals surface area contributed by atoms with Crippen molar-refractivity contribution in [2.45, 2.75) is 46.4 Å². The number of hydrogen-bond acceptors (Lipinski definition) is 6. The minimum absolute atomic E-state index is 0.0468. The summed E-state index contributed by atoms with van der Waals surface area (Å²) in [5.74, 6) is 1.35. The van der Waals surface area contributed by atoms with Crippen molar-refractivity contribution in [1.29, 1.82) is 0 Å². The molecule has 31 heavy (non-hydrogen) atoms. The predicted octanol–water partition coefficient (Wildman–Crippen LogP) is 4.03. The maximum Gasteiger partial charge on any atom is 0.226 e. The molecular weight excluding hydrogens is 418 g/mol. The molecule has 2 aromatic rings. The zero-order valence-corrected chi connectivity index (χ0v) is 19.3. The van der Waals surface area contributed by atoms with Crippen molar-refractivity contribution in [1.82, 2.24) is 15.2 Å². The number of oxazole rings is 1. The summed E-state index contributed by atoms with van der Waals surface area (Å²) in [7, 11) is 0. The van der Waals surface area contributed by atoms with E-state index in [1.54, 1.807) is 0 Å². The van der Waals surface area contributed by atoms with Gasteiger partial charge in [0.05, 0.1) is 18.2 Å². The monoisotopic (exact) mass is 449 g/mol. The standard InChI is InChI=1S/C23H32ClN3O4/c1-4-29-21(30-5-2)13-25-22(28)18-9-7-11-27(14-18)15-20-16(3)31-23(26-20)17-8-6-10-19(24)12-17/h6,8,10,12,18,21H,4-5,7,9,11,13-15H2,1-3H3,(H,25,28). The Morgan fingerprint density at radius 1 is 1.35 bits per heavy atom. The molecule has 1 unspecified atom stereocenters. The number of hydrogen-bond donors (Lipinski definition) is 1. The first-order valence-corrected chi connectivity index (χ1v) is 11.3. The number of carbonyl (C=O) groups is 1. The average molecular weight is 450 g/mol. The Morgan fingerprint density at radius 2 is 2.13 bits per heavy atom. The van der Waals surface area contributed by atoms with Gasteiger partial charge >= 0.3 is 0 Å².